The number of nitriles is 1. The molecule has 0 amide bonds. The Balaban J connectivity index is 2.36. The van der Waals surface area contributed by atoms with Gasteiger partial charge in [-0.25, -0.2) is 0 Å². The van der Waals surface area contributed by atoms with Crippen LogP contribution in [-0.4, -0.2) is 12.1 Å². The van der Waals surface area contributed by atoms with Crippen molar-refractivity contribution in [2.75, 3.05) is 7.11 Å². The van der Waals surface area contributed by atoms with Gasteiger partial charge in [0, 0.05) is 6.20 Å². The van der Waals surface area contributed by atoms with Gasteiger partial charge < -0.3 is 4.74 Å². The van der Waals surface area contributed by atoms with Crippen LogP contribution in [0.5, 0.6) is 5.75 Å². The summed E-state index contributed by atoms with van der Waals surface area (Å²) in [6.45, 7) is 0. The molecule has 0 saturated carbocycles. The fourth-order valence-corrected chi connectivity index (χ4v) is 2.38. The predicted octanol–water partition coefficient (Wildman–Crippen LogP) is 4.94. The van der Waals surface area contributed by atoms with Crippen molar-refractivity contribution in [3.05, 3.63) is 57.8 Å². The first-order valence-electron chi connectivity index (χ1n) is 6.34. The number of halogens is 4. The van der Waals surface area contributed by atoms with E-state index in [1.54, 1.807) is 24.3 Å². The molecule has 3 nitrogen and oxygen atoms in total. The summed E-state index contributed by atoms with van der Waals surface area (Å²) in [4.78, 5) is 3.72. The summed E-state index contributed by atoms with van der Waals surface area (Å²) >= 11 is 3.33. The Kier molecular flexibility index (Phi) is 5.06. The van der Waals surface area contributed by atoms with Crippen LogP contribution in [0.3, 0.4) is 0 Å². The van der Waals surface area contributed by atoms with E-state index in [1.165, 1.54) is 13.2 Å². The minimum Gasteiger partial charge on any atom is -0.496 e. The maximum absolute atomic E-state index is 12.5. The van der Waals surface area contributed by atoms with Gasteiger partial charge in [-0.05, 0) is 51.8 Å². The van der Waals surface area contributed by atoms with E-state index in [0.29, 0.717) is 22.0 Å². The molecule has 0 aliphatic carbocycles. The van der Waals surface area contributed by atoms with Gasteiger partial charge in [-0.2, -0.15) is 18.4 Å². The highest BCUT2D eigenvalue weighted by atomic mass is 79.9. The molecule has 1 heterocycles. The van der Waals surface area contributed by atoms with E-state index < -0.39 is 11.7 Å². The number of alkyl halides is 3. The van der Waals surface area contributed by atoms with Crippen LogP contribution in [0.15, 0.2) is 41.0 Å². The zero-order valence-corrected chi connectivity index (χ0v) is 13.4. The Morgan fingerprint density at radius 2 is 2.04 bits per heavy atom. The topological polar surface area (TPSA) is 45.9 Å². The van der Waals surface area contributed by atoms with E-state index in [0.717, 1.165) is 6.07 Å². The molecule has 1 aromatic heterocycles. The monoisotopic (exact) mass is 382 g/mol. The van der Waals surface area contributed by atoms with Crippen molar-refractivity contribution >= 4 is 27.6 Å². The molecule has 7 heteroatoms. The quantitative estimate of drug-likeness (QED) is 0.706. The van der Waals surface area contributed by atoms with E-state index in [9.17, 15) is 18.4 Å². The van der Waals surface area contributed by atoms with Crippen molar-refractivity contribution in [1.29, 1.82) is 5.26 Å². The van der Waals surface area contributed by atoms with Crippen LogP contribution in [0.4, 0.5) is 13.2 Å². The lowest BCUT2D eigenvalue weighted by Crippen LogP contribution is -2.05. The smallest absolute Gasteiger partial charge is 0.417 e. The molecule has 0 bridgehead atoms. The lowest BCUT2D eigenvalue weighted by Gasteiger charge is -2.07. The predicted molar refractivity (Wildman–Crippen MR) is 83.4 cm³/mol. The van der Waals surface area contributed by atoms with Crippen LogP contribution in [0.1, 0.15) is 16.8 Å². The third-order valence-corrected chi connectivity index (χ3v) is 3.59. The summed E-state index contributed by atoms with van der Waals surface area (Å²) in [5.74, 6) is 0.633. The largest absolute Gasteiger partial charge is 0.496 e. The molecular weight excluding hydrogens is 373 g/mol. The van der Waals surface area contributed by atoms with Crippen LogP contribution < -0.4 is 4.74 Å². The average Bonchev–Trinajstić information content (AvgIpc) is 2.52. The number of hydrogen-bond donors (Lipinski definition) is 0. The molecule has 0 radical (unpaired) electrons. The van der Waals surface area contributed by atoms with Crippen molar-refractivity contribution in [2.45, 2.75) is 6.18 Å². The minimum atomic E-state index is -4.46. The van der Waals surface area contributed by atoms with Crippen LogP contribution in [0.25, 0.3) is 11.6 Å². The summed E-state index contributed by atoms with van der Waals surface area (Å²) < 4.78 is 43.4. The second-order valence-corrected chi connectivity index (χ2v) is 5.35. The molecule has 23 heavy (non-hydrogen) atoms. The number of hydrogen-bond acceptors (Lipinski definition) is 3. The summed E-state index contributed by atoms with van der Waals surface area (Å²) in [7, 11) is 1.53. The Bertz CT molecular complexity index is 777. The van der Waals surface area contributed by atoms with Gasteiger partial charge in [-0.3, -0.25) is 4.98 Å². The maximum Gasteiger partial charge on any atom is 0.417 e. The molecule has 0 fully saturated rings. The number of methoxy groups -OCH3 is 1. The first-order chi connectivity index (χ1) is 10.8. The van der Waals surface area contributed by atoms with E-state index in [1.807, 2.05) is 6.07 Å². The SMILES string of the molecule is COc1ccc(/C=C(\C#N)c2ccc(C(F)(F)F)cn2)cc1Br. The molecular formula is C16H10BrF3N2O. The lowest BCUT2D eigenvalue weighted by atomic mass is 10.1. The Morgan fingerprint density at radius 1 is 1.30 bits per heavy atom. The fourth-order valence-electron chi connectivity index (χ4n) is 1.82. The summed E-state index contributed by atoms with van der Waals surface area (Å²) in [5.41, 5.74) is 0.171. The molecule has 0 saturated heterocycles. The van der Waals surface area contributed by atoms with Crippen LogP contribution in [0.2, 0.25) is 0 Å². The molecule has 0 aliphatic rings. The first kappa shape index (κ1) is 17.0. The molecule has 0 spiro atoms. The summed E-state index contributed by atoms with van der Waals surface area (Å²) in [6.07, 6.45) is -2.20. The minimum absolute atomic E-state index is 0.163. The van der Waals surface area contributed by atoms with Gasteiger partial charge in [-0.15, -0.1) is 0 Å². The normalized spacial score (nSPS) is 11.9. The molecule has 0 N–H and O–H groups in total. The van der Waals surface area contributed by atoms with Crippen molar-refractivity contribution in [3.63, 3.8) is 0 Å². The lowest BCUT2D eigenvalue weighted by molar-refractivity contribution is -0.137. The van der Waals surface area contributed by atoms with Gasteiger partial charge in [0.05, 0.1) is 28.4 Å². The van der Waals surface area contributed by atoms with Gasteiger partial charge >= 0.3 is 6.18 Å². The third-order valence-electron chi connectivity index (χ3n) is 2.97. The fraction of sp³-hybridized carbons (Fsp3) is 0.125. The van der Waals surface area contributed by atoms with Crippen LogP contribution in [-0.2, 0) is 6.18 Å². The number of pyridine rings is 1. The molecule has 0 unspecified atom stereocenters. The number of nitrogens with zero attached hydrogens (tertiary/aromatic N) is 2. The van der Waals surface area contributed by atoms with Gasteiger partial charge in [0.1, 0.15) is 11.8 Å². The van der Waals surface area contributed by atoms with Crippen LogP contribution >= 0.6 is 15.9 Å². The van der Waals surface area contributed by atoms with Crippen molar-refractivity contribution in [2.24, 2.45) is 0 Å². The van der Waals surface area contributed by atoms with Gasteiger partial charge in [0.15, 0.2) is 0 Å². The Hall–Kier alpha value is -2.33. The number of aromatic nitrogens is 1. The van der Waals surface area contributed by atoms with E-state index in [2.05, 4.69) is 20.9 Å². The van der Waals surface area contributed by atoms with Crippen molar-refractivity contribution in [1.82, 2.24) is 4.98 Å². The van der Waals surface area contributed by atoms with Crippen LogP contribution in [0, 0.1) is 11.3 Å². The Morgan fingerprint density at radius 3 is 2.52 bits per heavy atom. The number of ether oxygens (including phenoxy) is 1. The zero-order chi connectivity index (χ0) is 17.0. The summed E-state index contributed by atoms with van der Waals surface area (Å²) in [5, 5.41) is 9.22. The summed E-state index contributed by atoms with van der Waals surface area (Å²) in [6, 6.07) is 9.20. The molecule has 2 rings (SSSR count). The average molecular weight is 383 g/mol. The van der Waals surface area contributed by atoms with Gasteiger partial charge in [-0.1, -0.05) is 6.07 Å². The zero-order valence-electron chi connectivity index (χ0n) is 11.9. The highest BCUT2D eigenvalue weighted by Gasteiger charge is 2.30. The van der Waals surface area contributed by atoms with Gasteiger partial charge in [0.25, 0.3) is 0 Å². The second-order valence-electron chi connectivity index (χ2n) is 4.49. The van der Waals surface area contributed by atoms with Crippen molar-refractivity contribution < 1.29 is 17.9 Å². The molecule has 0 aliphatic heterocycles. The van der Waals surface area contributed by atoms with E-state index in [-0.39, 0.29) is 11.3 Å². The third kappa shape index (κ3) is 4.11. The standard InChI is InChI=1S/C16H10BrF3N2O/c1-23-15-5-2-10(7-13(15)17)6-11(8-21)14-4-3-12(9-22-14)16(18,19)20/h2-7,9H,1H3/b11-6+. The number of rotatable bonds is 3. The highest BCUT2D eigenvalue weighted by Crippen LogP contribution is 2.30. The molecule has 1 aromatic carbocycles. The second kappa shape index (κ2) is 6.84. The van der Waals surface area contributed by atoms with E-state index in [4.69, 9.17) is 4.74 Å². The number of benzene rings is 1. The first-order valence-corrected chi connectivity index (χ1v) is 7.13. The molecule has 0 atom stereocenters. The maximum atomic E-state index is 12.5. The molecule has 2 aromatic rings. The highest BCUT2D eigenvalue weighted by molar-refractivity contribution is 9.10. The van der Waals surface area contributed by atoms with E-state index >= 15 is 0 Å². The molecule has 118 valence electrons. The van der Waals surface area contributed by atoms with Gasteiger partial charge in [0.2, 0.25) is 0 Å². The Labute approximate surface area is 139 Å². The number of allylic oxidation sites excluding steroid dienone is 1. The van der Waals surface area contributed by atoms with Crippen molar-refractivity contribution in [3.8, 4) is 11.8 Å².